The van der Waals surface area contributed by atoms with Crippen molar-refractivity contribution in [3.63, 3.8) is 0 Å². The van der Waals surface area contributed by atoms with E-state index in [9.17, 15) is 17.6 Å². The van der Waals surface area contributed by atoms with Crippen molar-refractivity contribution in [2.24, 2.45) is 5.73 Å². The van der Waals surface area contributed by atoms with E-state index in [1.54, 1.807) is 12.1 Å². The lowest BCUT2D eigenvalue weighted by Crippen LogP contribution is -2.14. The zero-order valence-electron chi connectivity index (χ0n) is 10.5. The number of nitrogens with two attached hydrogens (primary N) is 1. The van der Waals surface area contributed by atoms with E-state index in [1.807, 2.05) is 0 Å². The molecule has 2 N–H and O–H groups in total. The van der Waals surface area contributed by atoms with Crippen molar-refractivity contribution < 1.29 is 17.6 Å². The predicted octanol–water partition coefficient (Wildman–Crippen LogP) is 4.09. The van der Waals surface area contributed by atoms with Gasteiger partial charge in [0.15, 0.2) is 0 Å². The van der Waals surface area contributed by atoms with Gasteiger partial charge >= 0.3 is 6.18 Å². The van der Waals surface area contributed by atoms with E-state index in [2.05, 4.69) is 0 Å². The number of hydrogen-bond donors (Lipinski definition) is 1. The monoisotopic (exact) mass is 283 g/mol. The van der Waals surface area contributed by atoms with Crippen molar-refractivity contribution >= 4 is 0 Å². The Morgan fingerprint density at radius 2 is 1.70 bits per heavy atom. The average Bonchev–Trinajstić information content (AvgIpc) is 2.38. The van der Waals surface area contributed by atoms with Crippen molar-refractivity contribution in [2.75, 3.05) is 0 Å². The fourth-order valence-electron chi connectivity index (χ4n) is 1.98. The zero-order valence-corrected chi connectivity index (χ0v) is 10.5. The molecule has 0 amide bonds. The van der Waals surface area contributed by atoms with Gasteiger partial charge in [-0.2, -0.15) is 13.2 Å². The smallest absolute Gasteiger partial charge is 0.324 e. The van der Waals surface area contributed by atoms with Crippen LogP contribution in [0.1, 0.15) is 22.7 Å². The lowest BCUT2D eigenvalue weighted by molar-refractivity contribution is -0.137. The fraction of sp³-hybridized carbons (Fsp3) is 0.200. The van der Waals surface area contributed by atoms with Crippen LogP contribution in [0.15, 0.2) is 48.5 Å². The third kappa shape index (κ3) is 3.57. The van der Waals surface area contributed by atoms with E-state index < -0.39 is 23.6 Å². The van der Waals surface area contributed by atoms with Crippen LogP contribution in [0.2, 0.25) is 0 Å². The van der Waals surface area contributed by atoms with E-state index >= 15 is 0 Å². The minimum atomic E-state index is -4.38. The Kier molecular flexibility index (Phi) is 4.09. The highest BCUT2D eigenvalue weighted by Gasteiger charge is 2.30. The van der Waals surface area contributed by atoms with Crippen molar-refractivity contribution in [1.29, 1.82) is 0 Å². The van der Waals surface area contributed by atoms with Crippen molar-refractivity contribution in [3.8, 4) is 0 Å². The summed E-state index contributed by atoms with van der Waals surface area (Å²) in [5, 5.41) is 0. The van der Waals surface area contributed by atoms with Gasteiger partial charge in [-0.05, 0) is 35.7 Å². The molecule has 0 radical (unpaired) electrons. The molecular formula is C15H13F4N. The molecule has 2 aromatic carbocycles. The number of halogens is 4. The summed E-state index contributed by atoms with van der Waals surface area (Å²) in [6.07, 6.45) is -4.16. The van der Waals surface area contributed by atoms with Crippen LogP contribution in [-0.2, 0) is 12.6 Å². The maximum Gasteiger partial charge on any atom is 0.416 e. The van der Waals surface area contributed by atoms with Gasteiger partial charge in [-0.15, -0.1) is 0 Å². The van der Waals surface area contributed by atoms with Gasteiger partial charge in [-0.1, -0.05) is 30.3 Å². The maximum absolute atomic E-state index is 13.1. The SMILES string of the molecule is NC(Cc1cccc(C(F)(F)F)c1)c1cccc(F)c1. The molecule has 106 valence electrons. The van der Waals surface area contributed by atoms with E-state index in [4.69, 9.17) is 5.73 Å². The second-order valence-corrected chi connectivity index (χ2v) is 4.56. The van der Waals surface area contributed by atoms with Gasteiger partial charge in [-0.25, -0.2) is 4.39 Å². The molecule has 0 heterocycles. The topological polar surface area (TPSA) is 26.0 Å². The standard InChI is InChI=1S/C15H13F4N/c16-13-6-2-4-11(9-13)14(20)8-10-3-1-5-12(7-10)15(17,18)19/h1-7,9,14H,8,20H2. The Morgan fingerprint density at radius 3 is 2.35 bits per heavy atom. The summed E-state index contributed by atoms with van der Waals surface area (Å²) < 4.78 is 50.9. The molecule has 0 aliphatic heterocycles. The number of hydrogen-bond acceptors (Lipinski definition) is 1. The van der Waals surface area contributed by atoms with E-state index in [1.165, 1.54) is 24.3 Å². The first-order chi connectivity index (χ1) is 9.36. The van der Waals surface area contributed by atoms with Gasteiger partial charge in [-0.3, -0.25) is 0 Å². The molecule has 2 aromatic rings. The number of alkyl halides is 3. The second-order valence-electron chi connectivity index (χ2n) is 4.56. The van der Waals surface area contributed by atoms with Crippen molar-refractivity contribution in [2.45, 2.75) is 18.6 Å². The molecular weight excluding hydrogens is 270 g/mol. The fourth-order valence-corrected chi connectivity index (χ4v) is 1.98. The van der Waals surface area contributed by atoms with E-state index in [0.717, 1.165) is 12.1 Å². The van der Waals surface area contributed by atoms with Crippen LogP contribution in [0.25, 0.3) is 0 Å². The minimum absolute atomic E-state index is 0.216. The molecule has 1 atom stereocenters. The number of rotatable bonds is 3. The highest BCUT2D eigenvalue weighted by molar-refractivity contribution is 5.28. The Bertz CT molecular complexity index is 592. The van der Waals surface area contributed by atoms with Gasteiger partial charge in [0.05, 0.1) is 5.56 Å². The average molecular weight is 283 g/mol. The van der Waals surface area contributed by atoms with Crippen LogP contribution in [0.5, 0.6) is 0 Å². The summed E-state index contributed by atoms with van der Waals surface area (Å²) in [6.45, 7) is 0. The first-order valence-electron chi connectivity index (χ1n) is 6.03. The summed E-state index contributed by atoms with van der Waals surface area (Å²) in [5.74, 6) is -0.415. The first kappa shape index (κ1) is 14.5. The molecule has 0 aliphatic rings. The Labute approximate surface area is 114 Å². The molecule has 2 rings (SSSR count). The molecule has 0 spiro atoms. The van der Waals surface area contributed by atoms with Crippen LogP contribution in [0.4, 0.5) is 17.6 Å². The lowest BCUT2D eigenvalue weighted by atomic mass is 9.98. The Hall–Kier alpha value is -1.88. The summed E-state index contributed by atoms with van der Waals surface area (Å²) >= 11 is 0. The zero-order chi connectivity index (χ0) is 14.8. The normalized spacial score (nSPS) is 13.2. The molecule has 0 aromatic heterocycles. The van der Waals surface area contributed by atoms with Gasteiger partial charge < -0.3 is 5.73 Å². The third-order valence-electron chi connectivity index (χ3n) is 2.99. The highest BCUT2D eigenvalue weighted by Crippen LogP contribution is 2.30. The molecule has 0 saturated carbocycles. The lowest BCUT2D eigenvalue weighted by Gasteiger charge is -2.14. The molecule has 0 saturated heterocycles. The van der Waals surface area contributed by atoms with Crippen molar-refractivity contribution in [1.82, 2.24) is 0 Å². The summed E-state index contributed by atoms with van der Waals surface area (Å²) in [7, 11) is 0. The molecule has 5 heteroatoms. The second kappa shape index (κ2) is 5.63. The van der Waals surface area contributed by atoms with Crippen LogP contribution in [-0.4, -0.2) is 0 Å². The van der Waals surface area contributed by atoms with E-state index in [-0.39, 0.29) is 6.42 Å². The molecule has 1 nitrogen and oxygen atoms in total. The Morgan fingerprint density at radius 1 is 1.00 bits per heavy atom. The van der Waals surface area contributed by atoms with Gasteiger partial charge in [0.1, 0.15) is 5.82 Å². The molecule has 0 bridgehead atoms. The number of benzene rings is 2. The molecule has 0 aliphatic carbocycles. The van der Waals surface area contributed by atoms with Crippen molar-refractivity contribution in [3.05, 3.63) is 71.0 Å². The van der Waals surface area contributed by atoms with Gasteiger partial charge in [0.25, 0.3) is 0 Å². The van der Waals surface area contributed by atoms with Crippen LogP contribution in [0, 0.1) is 5.82 Å². The summed E-state index contributed by atoms with van der Waals surface area (Å²) in [4.78, 5) is 0. The third-order valence-corrected chi connectivity index (χ3v) is 2.99. The summed E-state index contributed by atoms with van der Waals surface area (Å²) in [5.41, 5.74) is 6.23. The predicted molar refractivity (Wildman–Crippen MR) is 68.5 cm³/mol. The minimum Gasteiger partial charge on any atom is -0.324 e. The first-order valence-corrected chi connectivity index (χ1v) is 6.03. The highest BCUT2D eigenvalue weighted by atomic mass is 19.4. The van der Waals surface area contributed by atoms with Crippen LogP contribution < -0.4 is 5.73 Å². The van der Waals surface area contributed by atoms with Crippen LogP contribution in [0.3, 0.4) is 0 Å². The summed E-state index contributed by atoms with van der Waals surface area (Å²) in [6, 6.07) is 10.2. The largest absolute Gasteiger partial charge is 0.416 e. The maximum atomic E-state index is 13.1. The molecule has 0 fully saturated rings. The quantitative estimate of drug-likeness (QED) is 0.844. The van der Waals surface area contributed by atoms with Crippen LogP contribution >= 0.6 is 0 Å². The molecule has 20 heavy (non-hydrogen) atoms. The van der Waals surface area contributed by atoms with Gasteiger partial charge in [0.2, 0.25) is 0 Å². The van der Waals surface area contributed by atoms with E-state index in [0.29, 0.717) is 11.1 Å². The molecule has 1 unspecified atom stereocenters. The Balaban J connectivity index is 2.18. The van der Waals surface area contributed by atoms with Gasteiger partial charge in [0, 0.05) is 6.04 Å².